The summed E-state index contributed by atoms with van der Waals surface area (Å²) in [5.74, 6) is -0.940. The summed E-state index contributed by atoms with van der Waals surface area (Å²) in [6.45, 7) is 3.62. The van der Waals surface area contributed by atoms with Crippen molar-refractivity contribution in [3.05, 3.63) is 46.2 Å². The van der Waals surface area contributed by atoms with Gasteiger partial charge in [-0.05, 0) is 37.6 Å². The Balaban J connectivity index is 2.61. The maximum atomic E-state index is 11.2. The van der Waals surface area contributed by atoms with Crippen LogP contribution in [-0.2, 0) is 6.42 Å². The molecule has 5 heteroatoms. The zero-order valence-corrected chi connectivity index (χ0v) is 10.9. The number of hydrogen-bond acceptors (Lipinski definition) is 2. The second kappa shape index (κ2) is 4.82. The molecule has 1 aromatic carbocycles. The topological polar surface area (TPSA) is 55.1 Å². The molecule has 0 bridgehead atoms. The number of carbonyl (C=O) groups is 1. The van der Waals surface area contributed by atoms with Crippen LogP contribution in [0.25, 0.3) is 5.69 Å². The molecule has 94 valence electrons. The fourth-order valence-corrected chi connectivity index (χ4v) is 2.10. The highest BCUT2D eigenvalue weighted by Gasteiger charge is 2.20. The van der Waals surface area contributed by atoms with Gasteiger partial charge in [-0.15, -0.1) is 0 Å². The first kappa shape index (κ1) is 12.6. The quantitative estimate of drug-likeness (QED) is 0.927. The molecule has 2 rings (SSSR count). The van der Waals surface area contributed by atoms with Crippen LogP contribution in [0.5, 0.6) is 0 Å². The molecule has 1 heterocycles. The first-order valence-electron chi connectivity index (χ1n) is 5.62. The molecule has 18 heavy (non-hydrogen) atoms. The van der Waals surface area contributed by atoms with Crippen molar-refractivity contribution in [2.75, 3.05) is 0 Å². The first-order chi connectivity index (χ1) is 8.54. The van der Waals surface area contributed by atoms with Crippen LogP contribution in [-0.4, -0.2) is 20.9 Å². The van der Waals surface area contributed by atoms with Gasteiger partial charge in [0.1, 0.15) is 5.56 Å². The minimum atomic E-state index is -0.940. The van der Waals surface area contributed by atoms with Crippen LogP contribution < -0.4 is 0 Å². The molecule has 1 aromatic heterocycles. The van der Waals surface area contributed by atoms with Crippen molar-refractivity contribution in [1.29, 1.82) is 0 Å². The van der Waals surface area contributed by atoms with Gasteiger partial charge >= 0.3 is 5.97 Å². The zero-order valence-electron chi connectivity index (χ0n) is 10.1. The monoisotopic (exact) mass is 264 g/mol. The number of aryl methyl sites for hydroxylation is 1. The fourth-order valence-electron chi connectivity index (χ4n) is 1.98. The third-order valence-corrected chi connectivity index (χ3v) is 3.03. The van der Waals surface area contributed by atoms with Crippen LogP contribution in [0.4, 0.5) is 0 Å². The number of benzene rings is 1. The number of nitrogens with zero attached hydrogens (tertiary/aromatic N) is 2. The second-order valence-electron chi connectivity index (χ2n) is 3.95. The molecular formula is C13H13ClN2O2. The molecule has 1 N–H and O–H groups in total. The molecule has 0 saturated heterocycles. The number of carboxylic acids is 1. The normalized spacial score (nSPS) is 10.6. The molecule has 0 radical (unpaired) electrons. The van der Waals surface area contributed by atoms with Crippen LogP contribution in [0.3, 0.4) is 0 Å². The van der Waals surface area contributed by atoms with Crippen molar-refractivity contribution < 1.29 is 9.90 Å². The molecular weight excluding hydrogens is 252 g/mol. The van der Waals surface area contributed by atoms with Crippen molar-refractivity contribution in [1.82, 2.24) is 9.78 Å². The number of rotatable bonds is 3. The van der Waals surface area contributed by atoms with Crippen molar-refractivity contribution >= 4 is 17.6 Å². The lowest BCUT2D eigenvalue weighted by Crippen LogP contribution is -2.05. The molecule has 2 aromatic rings. The molecule has 4 nitrogen and oxygen atoms in total. The lowest BCUT2D eigenvalue weighted by molar-refractivity contribution is 0.0695. The molecule has 0 unspecified atom stereocenters. The molecule has 0 saturated carbocycles. The number of aromatic nitrogens is 2. The van der Waals surface area contributed by atoms with Crippen molar-refractivity contribution in [2.24, 2.45) is 0 Å². The lowest BCUT2D eigenvalue weighted by Gasteiger charge is -2.06. The standard InChI is InChI=1S/C13H13ClN2O2/c1-3-11-12(13(17)18)8(2)15-16(11)10-6-4-9(14)5-7-10/h4-7H,3H2,1-2H3,(H,17,18). The SMILES string of the molecule is CCc1c(C(=O)O)c(C)nn1-c1ccc(Cl)cc1. The van der Waals surface area contributed by atoms with E-state index in [1.54, 1.807) is 23.7 Å². The summed E-state index contributed by atoms with van der Waals surface area (Å²) < 4.78 is 1.66. The summed E-state index contributed by atoms with van der Waals surface area (Å²) >= 11 is 5.84. The summed E-state index contributed by atoms with van der Waals surface area (Å²) in [6.07, 6.45) is 0.602. The Morgan fingerprint density at radius 2 is 2.00 bits per heavy atom. The van der Waals surface area contributed by atoms with Gasteiger partial charge in [-0.1, -0.05) is 18.5 Å². The van der Waals surface area contributed by atoms with Crippen molar-refractivity contribution in [3.63, 3.8) is 0 Å². The molecule has 0 fully saturated rings. The van der Waals surface area contributed by atoms with E-state index >= 15 is 0 Å². The summed E-state index contributed by atoms with van der Waals surface area (Å²) in [6, 6.07) is 7.15. The molecule has 0 amide bonds. The third-order valence-electron chi connectivity index (χ3n) is 2.78. The van der Waals surface area contributed by atoms with Gasteiger partial charge in [0.15, 0.2) is 0 Å². The van der Waals surface area contributed by atoms with Crippen LogP contribution in [0.1, 0.15) is 28.7 Å². The van der Waals surface area contributed by atoms with E-state index in [4.69, 9.17) is 11.6 Å². The Bertz CT molecular complexity index is 588. The fraction of sp³-hybridized carbons (Fsp3) is 0.231. The van der Waals surface area contributed by atoms with E-state index in [2.05, 4.69) is 5.10 Å². The summed E-state index contributed by atoms with van der Waals surface area (Å²) in [5, 5.41) is 14.1. The largest absolute Gasteiger partial charge is 0.478 e. The predicted molar refractivity (Wildman–Crippen MR) is 69.6 cm³/mol. The van der Waals surface area contributed by atoms with Crippen LogP contribution in [0, 0.1) is 6.92 Å². The Morgan fingerprint density at radius 1 is 1.39 bits per heavy atom. The van der Waals surface area contributed by atoms with Gasteiger partial charge in [0.2, 0.25) is 0 Å². The molecule has 0 aliphatic heterocycles. The van der Waals surface area contributed by atoms with Gasteiger partial charge in [0.05, 0.1) is 17.1 Å². The Labute approximate surface area is 110 Å². The van der Waals surface area contributed by atoms with Gasteiger partial charge in [-0.2, -0.15) is 5.10 Å². The minimum Gasteiger partial charge on any atom is -0.478 e. The van der Waals surface area contributed by atoms with E-state index in [0.717, 1.165) is 5.69 Å². The minimum absolute atomic E-state index is 0.285. The zero-order chi connectivity index (χ0) is 13.3. The van der Waals surface area contributed by atoms with Crippen LogP contribution in [0.2, 0.25) is 5.02 Å². The van der Waals surface area contributed by atoms with E-state index in [-0.39, 0.29) is 5.56 Å². The number of hydrogen-bond donors (Lipinski definition) is 1. The highest BCUT2D eigenvalue weighted by molar-refractivity contribution is 6.30. The first-order valence-corrected chi connectivity index (χ1v) is 6.00. The van der Waals surface area contributed by atoms with E-state index in [9.17, 15) is 9.90 Å². The number of carboxylic acid groups (broad SMARTS) is 1. The lowest BCUT2D eigenvalue weighted by atomic mass is 10.1. The predicted octanol–water partition coefficient (Wildman–Crippen LogP) is 3.09. The number of halogens is 1. The molecule has 0 aliphatic carbocycles. The van der Waals surface area contributed by atoms with Crippen molar-refractivity contribution in [3.8, 4) is 5.69 Å². The Hall–Kier alpha value is -1.81. The van der Waals surface area contributed by atoms with Gasteiger partial charge < -0.3 is 5.11 Å². The van der Waals surface area contributed by atoms with Gasteiger partial charge in [-0.3, -0.25) is 0 Å². The highest BCUT2D eigenvalue weighted by atomic mass is 35.5. The molecule has 0 aliphatic rings. The molecule has 0 atom stereocenters. The van der Waals surface area contributed by atoms with E-state index in [0.29, 0.717) is 22.8 Å². The second-order valence-corrected chi connectivity index (χ2v) is 4.39. The molecule has 0 spiro atoms. The number of aromatic carboxylic acids is 1. The third kappa shape index (κ3) is 2.11. The summed E-state index contributed by atoms with van der Waals surface area (Å²) in [4.78, 5) is 11.2. The Morgan fingerprint density at radius 3 is 2.50 bits per heavy atom. The smallest absolute Gasteiger partial charge is 0.339 e. The highest BCUT2D eigenvalue weighted by Crippen LogP contribution is 2.20. The van der Waals surface area contributed by atoms with E-state index in [1.807, 2.05) is 19.1 Å². The van der Waals surface area contributed by atoms with Crippen molar-refractivity contribution in [2.45, 2.75) is 20.3 Å². The average molecular weight is 265 g/mol. The van der Waals surface area contributed by atoms with E-state index < -0.39 is 5.97 Å². The van der Waals surface area contributed by atoms with Crippen LogP contribution in [0.15, 0.2) is 24.3 Å². The Kier molecular flexibility index (Phi) is 3.39. The summed E-state index contributed by atoms with van der Waals surface area (Å²) in [7, 11) is 0. The maximum absolute atomic E-state index is 11.2. The van der Waals surface area contributed by atoms with Gasteiger partial charge in [-0.25, -0.2) is 9.48 Å². The van der Waals surface area contributed by atoms with E-state index in [1.165, 1.54) is 0 Å². The van der Waals surface area contributed by atoms with Gasteiger partial charge in [0.25, 0.3) is 0 Å². The maximum Gasteiger partial charge on any atom is 0.339 e. The van der Waals surface area contributed by atoms with Crippen LogP contribution >= 0.6 is 11.6 Å². The average Bonchev–Trinajstić information content (AvgIpc) is 2.67. The summed E-state index contributed by atoms with van der Waals surface area (Å²) in [5.41, 5.74) is 2.32. The van der Waals surface area contributed by atoms with Gasteiger partial charge in [0, 0.05) is 5.02 Å².